The van der Waals surface area contributed by atoms with Crippen LogP contribution in [0.1, 0.15) is 23.9 Å². The summed E-state index contributed by atoms with van der Waals surface area (Å²) in [4.78, 5) is 17.1. The molecule has 2 aromatic carbocycles. The van der Waals surface area contributed by atoms with Crippen LogP contribution in [-0.2, 0) is 43.9 Å². The van der Waals surface area contributed by atoms with Gasteiger partial charge in [0.05, 0.1) is 35.6 Å². The van der Waals surface area contributed by atoms with Crippen molar-refractivity contribution >= 4 is 27.0 Å². The van der Waals surface area contributed by atoms with E-state index < -0.39 is 10.0 Å². The lowest BCUT2D eigenvalue weighted by Crippen LogP contribution is -2.40. The van der Waals surface area contributed by atoms with Gasteiger partial charge < -0.3 is 14.0 Å². The maximum absolute atomic E-state index is 13.0. The first-order valence-corrected chi connectivity index (χ1v) is 12.1. The number of imidazole rings is 1. The molecule has 9 heteroatoms. The first kappa shape index (κ1) is 22.4. The predicted molar refractivity (Wildman–Crippen MR) is 120 cm³/mol. The van der Waals surface area contributed by atoms with E-state index in [1.54, 1.807) is 18.2 Å². The Bertz CT molecular complexity index is 1230. The Balaban J connectivity index is 1.53. The summed E-state index contributed by atoms with van der Waals surface area (Å²) >= 11 is 0. The van der Waals surface area contributed by atoms with Crippen LogP contribution in [0.3, 0.4) is 0 Å². The lowest BCUT2D eigenvalue weighted by Gasteiger charge is -2.26. The second-order valence-electron chi connectivity index (χ2n) is 7.70. The second kappa shape index (κ2) is 9.40. The van der Waals surface area contributed by atoms with Crippen LogP contribution in [0.4, 0.5) is 0 Å². The van der Waals surface area contributed by atoms with Gasteiger partial charge in [-0.25, -0.2) is 13.4 Å². The van der Waals surface area contributed by atoms with Gasteiger partial charge in [-0.3, -0.25) is 4.79 Å². The van der Waals surface area contributed by atoms with Gasteiger partial charge in [0, 0.05) is 19.6 Å². The molecule has 4 rings (SSSR count). The summed E-state index contributed by atoms with van der Waals surface area (Å²) in [5.74, 6) is 0.256. The van der Waals surface area contributed by atoms with Crippen molar-refractivity contribution in [3.63, 3.8) is 0 Å². The minimum Gasteiger partial charge on any atom is -0.457 e. The zero-order valence-corrected chi connectivity index (χ0v) is 19.1. The fourth-order valence-corrected chi connectivity index (χ4v) is 5.31. The first-order chi connectivity index (χ1) is 15.4. The molecule has 0 saturated carbocycles. The van der Waals surface area contributed by atoms with E-state index in [2.05, 4.69) is 4.98 Å². The van der Waals surface area contributed by atoms with Gasteiger partial charge in [-0.05, 0) is 43.2 Å². The van der Waals surface area contributed by atoms with E-state index in [0.29, 0.717) is 44.2 Å². The van der Waals surface area contributed by atoms with E-state index in [1.807, 2.05) is 42.7 Å². The third-order valence-corrected chi connectivity index (χ3v) is 7.58. The van der Waals surface area contributed by atoms with Crippen LogP contribution in [0.25, 0.3) is 11.0 Å². The monoisotopic (exact) mass is 457 g/mol. The van der Waals surface area contributed by atoms with Gasteiger partial charge in [0.15, 0.2) is 0 Å². The number of hydrogen-bond donors (Lipinski definition) is 0. The van der Waals surface area contributed by atoms with Crippen molar-refractivity contribution in [3.8, 4) is 0 Å². The molecule has 0 amide bonds. The van der Waals surface area contributed by atoms with Crippen molar-refractivity contribution in [2.45, 2.75) is 38.3 Å². The van der Waals surface area contributed by atoms with Gasteiger partial charge >= 0.3 is 5.97 Å². The fraction of sp³-hybridized carbons (Fsp3) is 0.391. The third kappa shape index (κ3) is 4.55. The topological polar surface area (TPSA) is 90.7 Å². The average molecular weight is 458 g/mol. The standard InChI is InChI=1S/C23H27N3O5S/c1-3-26-21-9-8-19(32(28,29)25-10-12-30-13-11-25)15-20(21)24-22(26)16-31-23(27)14-18-7-5-4-6-17(18)2/h4-9,15H,3,10-14,16H2,1-2H3. The van der Waals surface area contributed by atoms with Crippen molar-refractivity contribution in [1.82, 2.24) is 13.9 Å². The molecule has 8 nitrogen and oxygen atoms in total. The third-order valence-electron chi connectivity index (χ3n) is 5.68. The molecular weight excluding hydrogens is 430 g/mol. The van der Waals surface area contributed by atoms with Crippen LogP contribution >= 0.6 is 0 Å². The highest BCUT2D eigenvalue weighted by Gasteiger charge is 2.27. The summed E-state index contributed by atoms with van der Waals surface area (Å²) in [5.41, 5.74) is 3.34. The highest BCUT2D eigenvalue weighted by atomic mass is 32.2. The summed E-state index contributed by atoms with van der Waals surface area (Å²) in [6.07, 6.45) is 0.195. The van der Waals surface area contributed by atoms with Gasteiger partial charge in [-0.15, -0.1) is 0 Å². The molecule has 0 unspecified atom stereocenters. The molecule has 2 heterocycles. The Morgan fingerprint density at radius 2 is 1.91 bits per heavy atom. The van der Waals surface area contributed by atoms with Crippen molar-refractivity contribution in [2.24, 2.45) is 0 Å². The highest BCUT2D eigenvalue weighted by molar-refractivity contribution is 7.89. The quantitative estimate of drug-likeness (QED) is 0.507. The number of sulfonamides is 1. The summed E-state index contributed by atoms with van der Waals surface area (Å²) in [6.45, 7) is 6.04. The Morgan fingerprint density at radius 1 is 1.16 bits per heavy atom. The summed E-state index contributed by atoms with van der Waals surface area (Å²) in [7, 11) is -3.61. The first-order valence-electron chi connectivity index (χ1n) is 10.7. The van der Waals surface area contributed by atoms with E-state index in [0.717, 1.165) is 16.6 Å². The Morgan fingerprint density at radius 3 is 2.62 bits per heavy atom. The SMILES string of the molecule is CCn1c(COC(=O)Cc2ccccc2C)nc2cc(S(=O)(=O)N3CCOCC3)ccc21. The van der Waals surface area contributed by atoms with Gasteiger partial charge in [0.1, 0.15) is 12.4 Å². The number of aromatic nitrogens is 2. The van der Waals surface area contributed by atoms with E-state index >= 15 is 0 Å². The van der Waals surface area contributed by atoms with Crippen LogP contribution in [0.15, 0.2) is 47.4 Å². The molecule has 0 atom stereocenters. The zero-order valence-electron chi connectivity index (χ0n) is 18.3. The van der Waals surface area contributed by atoms with Gasteiger partial charge in [0.2, 0.25) is 10.0 Å². The fourth-order valence-electron chi connectivity index (χ4n) is 3.88. The molecule has 0 radical (unpaired) electrons. The normalized spacial score (nSPS) is 15.2. The molecule has 32 heavy (non-hydrogen) atoms. The lowest BCUT2D eigenvalue weighted by atomic mass is 10.1. The van der Waals surface area contributed by atoms with Crippen molar-refractivity contribution < 1.29 is 22.7 Å². The van der Waals surface area contributed by atoms with Gasteiger partial charge in [-0.1, -0.05) is 24.3 Å². The number of ether oxygens (including phenoxy) is 2. The van der Waals surface area contributed by atoms with Crippen LogP contribution in [0, 0.1) is 6.92 Å². The Kier molecular flexibility index (Phi) is 6.59. The van der Waals surface area contributed by atoms with Crippen LogP contribution < -0.4 is 0 Å². The van der Waals surface area contributed by atoms with Crippen LogP contribution in [0.2, 0.25) is 0 Å². The summed E-state index contributed by atoms with van der Waals surface area (Å²) < 4.78 is 40.1. The number of fused-ring (bicyclic) bond motifs is 1. The molecule has 3 aromatic rings. The number of nitrogens with zero attached hydrogens (tertiary/aromatic N) is 3. The molecule has 0 N–H and O–H groups in total. The number of carbonyl (C=O) groups is 1. The maximum Gasteiger partial charge on any atom is 0.310 e. The van der Waals surface area contributed by atoms with E-state index in [9.17, 15) is 13.2 Å². The Hall–Kier alpha value is -2.75. The minimum atomic E-state index is -3.61. The predicted octanol–water partition coefficient (Wildman–Crippen LogP) is 2.67. The number of aryl methyl sites for hydroxylation is 2. The highest BCUT2D eigenvalue weighted by Crippen LogP contribution is 2.24. The van der Waals surface area contributed by atoms with E-state index in [4.69, 9.17) is 9.47 Å². The van der Waals surface area contributed by atoms with Crippen LogP contribution in [-0.4, -0.2) is 54.5 Å². The summed E-state index contributed by atoms with van der Waals surface area (Å²) in [6, 6.07) is 12.7. The Labute approximate surface area is 187 Å². The van der Waals surface area contributed by atoms with E-state index in [-0.39, 0.29) is 23.9 Å². The second-order valence-corrected chi connectivity index (χ2v) is 9.64. The number of carbonyl (C=O) groups excluding carboxylic acids is 1. The molecular formula is C23H27N3O5S. The van der Waals surface area contributed by atoms with Gasteiger partial charge in [0.25, 0.3) is 0 Å². The van der Waals surface area contributed by atoms with E-state index in [1.165, 1.54) is 4.31 Å². The molecule has 1 aliphatic heterocycles. The largest absolute Gasteiger partial charge is 0.457 e. The molecule has 170 valence electrons. The number of benzene rings is 2. The molecule has 0 spiro atoms. The number of rotatable bonds is 7. The zero-order chi connectivity index (χ0) is 22.7. The molecule has 1 saturated heterocycles. The number of hydrogen-bond acceptors (Lipinski definition) is 6. The molecule has 1 aromatic heterocycles. The van der Waals surface area contributed by atoms with Crippen molar-refractivity contribution in [2.75, 3.05) is 26.3 Å². The average Bonchev–Trinajstić information content (AvgIpc) is 3.16. The lowest BCUT2D eigenvalue weighted by molar-refractivity contribution is -0.144. The molecule has 0 bridgehead atoms. The summed E-state index contributed by atoms with van der Waals surface area (Å²) in [5, 5.41) is 0. The minimum absolute atomic E-state index is 0.0266. The molecule has 1 fully saturated rings. The number of morpholine rings is 1. The molecule has 0 aliphatic carbocycles. The number of esters is 1. The van der Waals surface area contributed by atoms with Crippen molar-refractivity contribution in [3.05, 3.63) is 59.4 Å². The van der Waals surface area contributed by atoms with Crippen molar-refractivity contribution in [1.29, 1.82) is 0 Å². The smallest absolute Gasteiger partial charge is 0.310 e. The van der Waals surface area contributed by atoms with Crippen LogP contribution in [0.5, 0.6) is 0 Å². The molecule has 1 aliphatic rings. The van der Waals surface area contributed by atoms with Gasteiger partial charge in [-0.2, -0.15) is 4.31 Å². The maximum atomic E-state index is 13.0.